The zero-order valence-electron chi connectivity index (χ0n) is 13.4. The fourth-order valence-electron chi connectivity index (χ4n) is 3.53. The minimum atomic E-state index is -0.442. The molecule has 4 rings (SSSR count). The van der Waals surface area contributed by atoms with Crippen molar-refractivity contribution in [2.45, 2.75) is 24.4 Å². The number of thioether (sulfide) groups is 1. The van der Waals surface area contributed by atoms with Gasteiger partial charge in [0.2, 0.25) is 5.91 Å². The molecule has 5 heteroatoms. The maximum absolute atomic E-state index is 12.8. The molecule has 4 nitrogen and oxygen atoms in total. The molecular formula is C19H18N2O2S. The molecule has 1 fully saturated rings. The third-order valence-electron chi connectivity index (χ3n) is 4.78. The normalized spacial score (nSPS) is 24.6. The lowest BCUT2D eigenvalue weighted by Crippen LogP contribution is -2.49. The summed E-state index contributed by atoms with van der Waals surface area (Å²) in [5.74, 6) is 0.492. The highest BCUT2D eigenvalue weighted by molar-refractivity contribution is 8.00. The van der Waals surface area contributed by atoms with Gasteiger partial charge in [0.1, 0.15) is 10.9 Å². The van der Waals surface area contributed by atoms with E-state index in [1.807, 2.05) is 61.5 Å². The van der Waals surface area contributed by atoms with Crippen molar-refractivity contribution in [3.05, 3.63) is 71.3 Å². The Balaban J connectivity index is 1.54. The van der Waals surface area contributed by atoms with Crippen molar-refractivity contribution in [3.8, 4) is 0 Å². The van der Waals surface area contributed by atoms with Crippen molar-refractivity contribution >= 4 is 23.6 Å². The van der Waals surface area contributed by atoms with Crippen LogP contribution in [-0.4, -0.2) is 28.5 Å². The Kier molecular flexibility index (Phi) is 3.61. The molecule has 0 spiro atoms. The van der Waals surface area contributed by atoms with Crippen molar-refractivity contribution < 1.29 is 9.59 Å². The van der Waals surface area contributed by atoms with Crippen LogP contribution in [0.25, 0.3) is 0 Å². The molecule has 2 heterocycles. The molecule has 0 saturated carbocycles. The van der Waals surface area contributed by atoms with Crippen molar-refractivity contribution in [1.82, 2.24) is 10.2 Å². The number of nitrogens with one attached hydrogen (secondary N) is 1. The van der Waals surface area contributed by atoms with E-state index in [-0.39, 0.29) is 11.8 Å². The zero-order valence-corrected chi connectivity index (χ0v) is 14.2. The predicted octanol–water partition coefficient (Wildman–Crippen LogP) is 2.75. The molecule has 2 amide bonds. The van der Waals surface area contributed by atoms with Crippen LogP contribution in [-0.2, 0) is 16.2 Å². The Bertz CT molecular complexity index is 808. The summed E-state index contributed by atoms with van der Waals surface area (Å²) in [4.78, 5) is 26.8. The first-order chi connectivity index (χ1) is 11.6. The molecule has 2 atom stereocenters. The van der Waals surface area contributed by atoms with Crippen LogP contribution in [0.5, 0.6) is 0 Å². The third kappa shape index (κ3) is 2.23. The molecule has 0 aliphatic carbocycles. The number of hydrogen-bond donors (Lipinski definition) is 1. The highest BCUT2D eigenvalue weighted by Gasteiger charge is 2.55. The van der Waals surface area contributed by atoms with Gasteiger partial charge >= 0.3 is 0 Å². The number of nitrogens with zero attached hydrogens (tertiary/aromatic N) is 1. The number of carbonyl (C=O) groups excluding carboxylic acids is 2. The van der Waals surface area contributed by atoms with Gasteiger partial charge in [-0.05, 0) is 18.6 Å². The van der Waals surface area contributed by atoms with E-state index in [2.05, 4.69) is 5.32 Å². The summed E-state index contributed by atoms with van der Waals surface area (Å²) >= 11 is 1.66. The Morgan fingerprint density at radius 2 is 1.92 bits per heavy atom. The standard InChI is InChI=1S/C19H18N2O2S/c1-19-15-10-6-5-9-14(15)18(23)21(19)16(12-24-19)17(22)20-11-13-7-3-2-4-8-13/h2-10,16H,11-12H2,1H3,(H,20,22). The Labute approximate surface area is 145 Å². The first kappa shape index (κ1) is 15.3. The number of rotatable bonds is 3. The monoisotopic (exact) mass is 338 g/mol. The molecule has 2 unspecified atom stereocenters. The first-order valence-corrected chi connectivity index (χ1v) is 8.98. The van der Waals surface area contributed by atoms with Crippen LogP contribution < -0.4 is 5.32 Å². The summed E-state index contributed by atoms with van der Waals surface area (Å²) in [6, 6.07) is 17.0. The van der Waals surface area contributed by atoms with Crippen LogP contribution in [0.15, 0.2) is 54.6 Å². The molecule has 1 N–H and O–H groups in total. The van der Waals surface area contributed by atoms with Gasteiger partial charge in [-0.25, -0.2) is 0 Å². The Morgan fingerprint density at radius 3 is 2.71 bits per heavy atom. The van der Waals surface area contributed by atoms with Gasteiger partial charge in [0.05, 0.1) is 0 Å². The lowest BCUT2D eigenvalue weighted by Gasteiger charge is -2.30. The SMILES string of the molecule is CC12SCC(C(=O)NCc3ccccc3)N1C(=O)c1ccccc12. The molecule has 0 bridgehead atoms. The summed E-state index contributed by atoms with van der Waals surface area (Å²) in [5.41, 5.74) is 2.78. The van der Waals surface area contributed by atoms with E-state index in [0.29, 0.717) is 17.9 Å². The second-order valence-electron chi connectivity index (χ2n) is 6.23. The lowest BCUT2D eigenvalue weighted by atomic mass is 10.1. The molecule has 122 valence electrons. The fourth-order valence-corrected chi connectivity index (χ4v) is 4.99. The van der Waals surface area contributed by atoms with Crippen LogP contribution in [0.1, 0.15) is 28.4 Å². The topological polar surface area (TPSA) is 49.4 Å². The summed E-state index contributed by atoms with van der Waals surface area (Å²) in [6.45, 7) is 2.51. The minimum Gasteiger partial charge on any atom is -0.350 e. The third-order valence-corrected chi connectivity index (χ3v) is 6.24. The largest absolute Gasteiger partial charge is 0.350 e. The van der Waals surface area contributed by atoms with E-state index < -0.39 is 10.9 Å². The van der Waals surface area contributed by atoms with Gasteiger partial charge < -0.3 is 10.2 Å². The van der Waals surface area contributed by atoms with Crippen molar-refractivity contribution in [3.63, 3.8) is 0 Å². The van der Waals surface area contributed by atoms with Gasteiger partial charge in [0.15, 0.2) is 0 Å². The quantitative estimate of drug-likeness (QED) is 0.936. The average molecular weight is 338 g/mol. The van der Waals surface area contributed by atoms with Crippen LogP contribution in [0.4, 0.5) is 0 Å². The first-order valence-electron chi connectivity index (χ1n) is 8.00. The van der Waals surface area contributed by atoms with Gasteiger partial charge in [-0.15, -0.1) is 11.8 Å². The van der Waals surface area contributed by atoms with Gasteiger partial charge in [-0.3, -0.25) is 9.59 Å². The number of amides is 2. The van der Waals surface area contributed by atoms with Crippen molar-refractivity contribution in [1.29, 1.82) is 0 Å². The molecule has 0 aromatic heterocycles. The van der Waals surface area contributed by atoms with Crippen LogP contribution in [0.2, 0.25) is 0 Å². The molecule has 24 heavy (non-hydrogen) atoms. The molecule has 1 saturated heterocycles. The van der Waals surface area contributed by atoms with E-state index in [1.165, 1.54) is 0 Å². The second kappa shape index (κ2) is 5.67. The highest BCUT2D eigenvalue weighted by atomic mass is 32.2. The molecule has 2 aliphatic rings. The highest BCUT2D eigenvalue weighted by Crippen LogP contribution is 2.53. The summed E-state index contributed by atoms with van der Waals surface area (Å²) in [5, 5.41) is 2.97. The second-order valence-corrected chi connectivity index (χ2v) is 7.65. The smallest absolute Gasteiger partial charge is 0.256 e. The van der Waals surface area contributed by atoms with Crippen molar-refractivity contribution in [2.75, 3.05) is 5.75 Å². The van der Waals surface area contributed by atoms with Gasteiger partial charge in [0.25, 0.3) is 5.91 Å². The maximum atomic E-state index is 12.8. The van der Waals surface area contributed by atoms with E-state index >= 15 is 0 Å². The van der Waals surface area contributed by atoms with Crippen LogP contribution >= 0.6 is 11.8 Å². The lowest BCUT2D eigenvalue weighted by molar-refractivity contribution is -0.125. The fraction of sp³-hybridized carbons (Fsp3) is 0.263. The van der Waals surface area contributed by atoms with E-state index in [0.717, 1.165) is 11.1 Å². The average Bonchev–Trinajstić information content (AvgIpc) is 3.08. The van der Waals surface area contributed by atoms with Gasteiger partial charge in [-0.1, -0.05) is 48.5 Å². The summed E-state index contributed by atoms with van der Waals surface area (Å²) < 4.78 is 0. The van der Waals surface area contributed by atoms with E-state index in [1.54, 1.807) is 16.7 Å². The molecule has 2 aromatic carbocycles. The predicted molar refractivity (Wildman–Crippen MR) is 94.5 cm³/mol. The van der Waals surface area contributed by atoms with Crippen molar-refractivity contribution in [2.24, 2.45) is 0 Å². The minimum absolute atomic E-state index is 0.0436. The zero-order chi connectivity index (χ0) is 16.7. The number of benzene rings is 2. The Morgan fingerprint density at radius 1 is 1.21 bits per heavy atom. The molecule has 2 aromatic rings. The van der Waals surface area contributed by atoms with Gasteiger partial charge in [-0.2, -0.15) is 0 Å². The summed E-state index contributed by atoms with van der Waals surface area (Å²) in [6.07, 6.45) is 0. The van der Waals surface area contributed by atoms with E-state index in [9.17, 15) is 9.59 Å². The number of hydrogen-bond acceptors (Lipinski definition) is 3. The van der Waals surface area contributed by atoms with E-state index in [4.69, 9.17) is 0 Å². The number of fused-ring (bicyclic) bond motifs is 3. The number of carbonyl (C=O) groups is 2. The summed E-state index contributed by atoms with van der Waals surface area (Å²) in [7, 11) is 0. The Hall–Kier alpha value is -2.27. The molecule has 2 aliphatic heterocycles. The van der Waals surface area contributed by atoms with Crippen LogP contribution in [0, 0.1) is 0 Å². The molecular weight excluding hydrogens is 320 g/mol. The molecule has 0 radical (unpaired) electrons. The van der Waals surface area contributed by atoms with Crippen LogP contribution in [0.3, 0.4) is 0 Å². The maximum Gasteiger partial charge on any atom is 0.256 e. The van der Waals surface area contributed by atoms with Gasteiger partial charge in [0, 0.05) is 23.4 Å².